The molecule has 0 unspecified atom stereocenters. The van der Waals surface area contributed by atoms with Crippen molar-refractivity contribution in [3.05, 3.63) is 64.1 Å². The number of carbonyl (C=O) groups is 2. The average molecular weight is 463 g/mol. The van der Waals surface area contributed by atoms with Crippen molar-refractivity contribution >= 4 is 17.5 Å². The largest absolute Gasteiger partial charge is 0.368 e. The molecule has 2 aliphatic carbocycles. The van der Waals surface area contributed by atoms with Crippen LogP contribution in [0.4, 0.5) is 5.69 Å². The second-order valence-electron chi connectivity index (χ2n) is 9.92. The van der Waals surface area contributed by atoms with E-state index in [0.717, 1.165) is 31.4 Å². The Hall–Kier alpha value is -3.09. The molecule has 1 aromatic heterocycles. The predicted octanol–water partition coefficient (Wildman–Crippen LogP) is 3.46. The zero-order valence-corrected chi connectivity index (χ0v) is 19.7. The zero-order valence-electron chi connectivity index (χ0n) is 19.7. The third-order valence-corrected chi connectivity index (χ3v) is 7.45. The van der Waals surface area contributed by atoms with Gasteiger partial charge in [-0.15, -0.1) is 0 Å². The van der Waals surface area contributed by atoms with Crippen molar-refractivity contribution in [2.75, 3.05) is 37.6 Å². The summed E-state index contributed by atoms with van der Waals surface area (Å²) in [4.78, 5) is 43.7. The monoisotopic (exact) mass is 462 g/mol. The number of nitrogens with zero attached hydrogens (tertiary/aromatic N) is 3. The maximum atomic E-state index is 13.4. The Morgan fingerprint density at radius 1 is 0.853 bits per heavy atom. The summed E-state index contributed by atoms with van der Waals surface area (Å²) in [7, 11) is 0. The highest BCUT2D eigenvalue weighted by Gasteiger charge is 2.30. The van der Waals surface area contributed by atoms with E-state index in [4.69, 9.17) is 0 Å². The van der Waals surface area contributed by atoms with E-state index in [1.54, 1.807) is 17.3 Å². The molecule has 2 saturated carbocycles. The van der Waals surface area contributed by atoms with Gasteiger partial charge >= 0.3 is 0 Å². The highest BCUT2D eigenvalue weighted by Crippen LogP contribution is 2.34. The van der Waals surface area contributed by atoms with E-state index in [2.05, 4.69) is 22.3 Å². The van der Waals surface area contributed by atoms with Crippen LogP contribution in [-0.2, 0) is 0 Å². The maximum absolute atomic E-state index is 13.4. The molecule has 1 aliphatic heterocycles. The van der Waals surface area contributed by atoms with Crippen LogP contribution in [0.5, 0.6) is 0 Å². The van der Waals surface area contributed by atoms with Crippen molar-refractivity contribution in [2.45, 2.75) is 51.0 Å². The predicted molar refractivity (Wildman–Crippen MR) is 132 cm³/mol. The average Bonchev–Trinajstić information content (AvgIpc) is 3.74. The molecular weight excluding hydrogens is 428 g/mol. The third kappa shape index (κ3) is 5.03. The maximum Gasteiger partial charge on any atom is 0.259 e. The van der Waals surface area contributed by atoms with Gasteiger partial charge in [-0.05, 0) is 43.7 Å². The standard InChI is InChI=1S/C27H34N4O3/c32-25-23(26(33)28-17-20-7-3-1-4-8-20)18-31(22-11-12-22)19-24(25)27(34)30-15-13-29(14-16-30)21-9-5-2-6-10-21/h2,5-6,9-10,18-20,22H,1,3-4,7-8,11-17H2,(H,28,33). The molecule has 0 radical (unpaired) electrons. The molecule has 7 heteroatoms. The van der Waals surface area contributed by atoms with Gasteiger partial charge in [-0.25, -0.2) is 0 Å². The van der Waals surface area contributed by atoms with E-state index >= 15 is 0 Å². The number of nitrogens with one attached hydrogen (secondary N) is 1. The number of carbonyl (C=O) groups excluding carboxylic acids is 2. The molecule has 0 spiro atoms. The number of hydrogen-bond donors (Lipinski definition) is 1. The molecule has 5 rings (SSSR count). The van der Waals surface area contributed by atoms with Gasteiger partial charge in [0.25, 0.3) is 11.8 Å². The van der Waals surface area contributed by atoms with E-state index in [1.165, 1.54) is 19.3 Å². The summed E-state index contributed by atoms with van der Waals surface area (Å²) < 4.78 is 1.91. The van der Waals surface area contributed by atoms with Crippen molar-refractivity contribution in [1.29, 1.82) is 0 Å². The fourth-order valence-electron chi connectivity index (χ4n) is 5.20. The molecular formula is C27H34N4O3. The Kier molecular flexibility index (Phi) is 6.70. The molecule has 3 fully saturated rings. The summed E-state index contributed by atoms with van der Waals surface area (Å²) in [6.45, 7) is 3.13. The minimum atomic E-state index is -0.450. The lowest BCUT2D eigenvalue weighted by Crippen LogP contribution is -2.50. The van der Waals surface area contributed by atoms with Crippen molar-refractivity contribution in [3.8, 4) is 0 Å². The number of pyridine rings is 1. The molecule has 2 heterocycles. The minimum Gasteiger partial charge on any atom is -0.368 e. The normalized spacial score (nSPS) is 19.2. The Bertz CT molecular complexity index is 1080. The molecule has 2 amide bonds. The Morgan fingerprint density at radius 2 is 1.53 bits per heavy atom. The number of aromatic nitrogens is 1. The SMILES string of the molecule is O=C(NCC1CCCCC1)c1cn(C2CC2)cc(C(=O)N2CCN(c3ccccc3)CC2)c1=O. The number of amides is 2. The number of rotatable bonds is 6. The molecule has 34 heavy (non-hydrogen) atoms. The number of benzene rings is 1. The van der Waals surface area contributed by atoms with Crippen LogP contribution in [0.3, 0.4) is 0 Å². The Morgan fingerprint density at radius 3 is 2.21 bits per heavy atom. The first-order valence-corrected chi connectivity index (χ1v) is 12.7. The first-order valence-electron chi connectivity index (χ1n) is 12.7. The van der Waals surface area contributed by atoms with Crippen LogP contribution in [-0.4, -0.2) is 54.0 Å². The van der Waals surface area contributed by atoms with Crippen molar-refractivity contribution in [2.24, 2.45) is 5.92 Å². The van der Waals surface area contributed by atoms with Crippen molar-refractivity contribution in [3.63, 3.8) is 0 Å². The van der Waals surface area contributed by atoms with Gasteiger partial charge in [0.2, 0.25) is 5.43 Å². The summed E-state index contributed by atoms with van der Waals surface area (Å²) in [5.41, 5.74) is 0.901. The molecule has 180 valence electrons. The summed E-state index contributed by atoms with van der Waals surface area (Å²) in [6.07, 6.45) is 11.3. The smallest absolute Gasteiger partial charge is 0.259 e. The highest BCUT2D eigenvalue weighted by molar-refractivity contribution is 5.99. The number of hydrogen-bond acceptors (Lipinski definition) is 4. The van der Waals surface area contributed by atoms with Crippen molar-refractivity contribution in [1.82, 2.24) is 14.8 Å². The van der Waals surface area contributed by atoms with Crippen LogP contribution >= 0.6 is 0 Å². The van der Waals surface area contributed by atoms with Gasteiger partial charge in [0.15, 0.2) is 0 Å². The summed E-state index contributed by atoms with van der Waals surface area (Å²) in [5.74, 6) is -0.142. The summed E-state index contributed by atoms with van der Waals surface area (Å²) in [6, 6.07) is 10.4. The molecule has 0 bridgehead atoms. The van der Waals surface area contributed by atoms with Gasteiger partial charge < -0.3 is 19.7 Å². The molecule has 1 aromatic carbocycles. The molecule has 2 aromatic rings. The highest BCUT2D eigenvalue weighted by atomic mass is 16.2. The molecule has 7 nitrogen and oxygen atoms in total. The lowest BCUT2D eigenvalue weighted by molar-refractivity contribution is 0.0744. The van der Waals surface area contributed by atoms with Crippen LogP contribution in [0, 0.1) is 5.92 Å². The van der Waals surface area contributed by atoms with E-state index in [-0.39, 0.29) is 29.0 Å². The van der Waals surface area contributed by atoms with Crippen molar-refractivity contribution < 1.29 is 9.59 Å². The fourth-order valence-corrected chi connectivity index (χ4v) is 5.20. The van der Waals surface area contributed by atoms with Crippen LogP contribution < -0.4 is 15.6 Å². The van der Waals surface area contributed by atoms with Crippen LogP contribution in [0.15, 0.2) is 47.5 Å². The van der Waals surface area contributed by atoms with E-state index < -0.39 is 5.43 Å². The zero-order chi connectivity index (χ0) is 23.5. The second-order valence-corrected chi connectivity index (χ2v) is 9.92. The van der Waals surface area contributed by atoms with Gasteiger partial charge in [-0.3, -0.25) is 14.4 Å². The number of para-hydroxylation sites is 1. The molecule has 0 atom stereocenters. The van der Waals surface area contributed by atoms with E-state index in [1.807, 2.05) is 22.8 Å². The number of piperazine rings is 1. The Labute approximate surface area is 200 Å². The first-order chi connectivity index (χ1) is 16.6. The topological polar surface area (TPSA) is 74.7 Å². The third-order valence-electron chi connectivity index (χ3n) is 7.45. The second kappa shape index (κ2) is 10.0. The molecule has 1 saturated heterocycles. The Balaban J connectivity index is 1.31. The van der Waals surface area contributed by atoms with Crippen LogP contribution in [0.2, 0.25) is 0 Å². The molecule has 3 aliphatic rings. The molecule has 1 N–H and O–H groups in total. The van der Waals surface area contributed by atoms with Gasteiger partial charge in [0, 0.05) is 56.8 Å². The minimum absolute atomic E-state index is 0.0940. The lowest BCUT2D eigenvalue weighted by atomic mass is 9.89. The van der Waals surface area contributed by atoms with Gasteiger partial charge in [-0.2, -0.15) is 0 Å². The summed E-state index contributed by atoms with van der Waals surface area (Å²) >= 11 is 0. The van der Waals surface area contributed by atoms with E-state index in [0.29, 0.717) is 38.6 Å². The fraction of sp³-hybridized carbons (Fsp3) is 0.519. The van der Waals surface area contributed by atoms with Gasteiger partial charge in [0.1, 0.15) is 11.1 Å². The first kappa shape index (κ1) is 22.7. The van der Waals surface area contributed by atoms with E-state index in [9.17, 15) is 14.4 Å². The quantitative estimate of drug-likeness (QED) is 0.714. The van der Waals surface area contributed by atoms with Crippen LogP contribution in [0.1, 0.15) is 71.7 Å². The van der Waals surface area contributed by atoms with Gasteiger partial charge in [0.05, 0.1) is 0 Å². The lowest BCUT2D eigenvalue weighted by Gasteiger charge is -2.36. The van der Waals surface area contributed by atoms with Gasteiger partial charge in [-0.1, -0.05) is 37.5 Å². The van der Waals surface area contributed by atoms with Crippen LogP contribution in [0.25, 0.3) is 0 Å². The number of anilines is 1. The summed E-state index contributed by atoms with van der Waals surface area (Å²) in [5, 5.41) is 2.98.